The second-order valence-corrected chi connectivity index (χ2v) is 24.6. The molecule has 0 bridgehead atoms. The van der Waals surface area contributed by atoms with Gasteiger partial charge in [-0.2, -0.15) is 39.8 Å². The minimum atomic E-state index is -4.22. The van der Waals surface area contributed by atoms with Crippen LogP contribution in [0.3, 0.4) is 0 Å². The zero-order valence-corrected chi connectivity index (χ0v) is 56.3. The number of carbonyl (C=O) groups is 2. The van der Waals surface area contributed by atoms with E-state index >= 15 is 0 Å². The number of halogens is 7. The van der Waals surface area contributed by atoms with Crippen LogP contribution in [0.15, 0.2) is 60.7 Å². The van der Waals surface area contributed by atoms with Crippen LogP contribution in [0.2, 0.25) is 0 Å². The van der Waals surface area contributed by atoms with Gasteiger partial charge >= 0.3 is 31.5 Å². The Kier molecular flexibility index (Phi) is 31.1. The van der Waals surface area contributed by atoms with Crippen LogP contribution < -0.4 is 38.2 Å². The molecular formula is C62H94BF6IN10O8S. The number of nitrogens with zero attached hydrogens (tertiary/aromatic N) is 4. The van der Waals surface area contributed by atoms with E-state index in [0.717, 1.165) is 109 Å². The van der Waals surface area contributed by atoms with Crippen LogP contribution in [0, 0.1) is 29.3 Å². The highest BCUT2D eigenvalue weighted by molar-refractivity contribution is 14.1. The number of benzene rings is 2. The van der Waals surface area contributed by atoms with Crippen molar-refractivity contribution in [1.29, 1.82) is 0 Å². The number of hydrogen-bond acceptors (Lipinski definition) is 14. The smallest absolute Gasteiger partial charge is 0.399 e. The molecule has 4 atom stereocenters. The highest BCUT2D eigenvalue weighted by Gasteiger charge is 2.52. The van der Waals surface area contributed by atoms with Crippen LogP contribution in [0.5, 0.6) is 0 Å². The van der Waals surface area contributed by atoms with Crippen molar-refractivity contribution in [3.8, 4) is 11.1 Å². The van der Waals surface area contributed by atoms with Crippen molar-refractivity contribution in [2.45, 2.75) is 156 Å². The molecule has 0 aliphatic carbocycles. The molecule has 7 heterocycles. The number of nitrogens with one attached hydrogen (secondary N) is 4. The predicted molar refractivity (Wildman–Crippen MR) is 355 cm³/mol. The Morgan fingerprint density at radius 3 is 1.51 bits per heavy atom. The van der Waals surface area contributed by atoms with E-state index in [9.17, 15) is 35.9 Å². The lowest BCUT2D eigenvalue weighted by molar-refractivity contribution is -0.144. The molecule has 0 saturated carbocycles. The Balaban J connectivity index is 0.000000276. The lowest BCUT2D eigenvalue weighted by Gasteiger charge is -2.32. The first-order valence-corrected chi connectivity index (χ1v) is 31.5. The summed E-state index contributed by atoms with van der Waals surface area (Å²) in [6, 6.07) is 18.2. The van der Waals surface area contributed by atoms with Gasteiger partial charge in [0.25, 0.3) is 0 Å². The Hall–Kier alpha value is -5.04. The number of carbonyl (C=O) groups excluding carboxylic acids is 2. The highest BCUT2D eigenvalue weighted by Crippen LogP contribution is 2.38. The van der Waals surface area contributed by atoms with Crippen LogP contribution in [0.4, 0.5) is 70.6 Å². The summed E-state index contributed by atoms with van der Waals surface area (Å²) in [7, 11) is -0.556. The fraction of sp³-hybridized carbons (Fsp3) is 0.613. The van der Waals surface area contributed by atoms with Crippen molar-refractivity contribution >= 4 is 95.4 Å². The number of alkyl halides is 6. The molecule has 18 nitrogen and oxygen atoms in total. The van der Waals surface area contributed by atoms with E-state index in [-0.39, 0.29) is 32.6 Å². The number of aryl methyl sites for hydroxylation is 2. The minimum absolute atomic E-state index is 0. The number of hydrogen-bond donors (Lipinski definition) is 6. The van der Waals surface area contributed by atoms with Crippen molar-refractivity contribution in [3.05, 3.63) is 75.4 Å². The van der Waals surface area contributed by atoms with E-state index in [2.05, 4.69) is 53.8 Å². The molecule has 5 aliphatic rings. The third-order valence-electron chi connectivity index (χ3n) is 15.5. The van der Waals surface area contributed by atoms with Crippen molar-refractivity contribution in [2.75, 3.05) is 112 Å². The van der Waals surface area contributed by atoms with E-state index in [0.29, 0.717) is 67.4 Å². The first-order chi connectivity index (χ1) is 41.5. The lowest BCUT2D eigenvalue weighted by Crippen LogP contribution is -2.41. The maximum atomic E-state index is 12.7. The monoisotopic (exact) mass is 1390 g/mol. The summed E-state index contributed by atoms with van der Waals surface area (Å²) in [6.45, 7) is 27.0. The second-order valence-electron chi connectivity index (χ2n) is 23.3. The number of anilines is 6. The average molecular weight is 1390 g/mol. The fourth-order valence-electron chi connectivity index (χ4n) is 10.3. The van der Waals surface area contributed by atoms with E-state index in [4.69, 9.17) is 39.7 Å². The zero-order valence-electron chi connectivity index (χ0n) is 53.2. The lowest BCUT2D eigenvalue weighted by atomic mass is 9.76. The maximum Gasteiger partial charge on any atom is 0.495 e. The van der Waals surface area contributed by atoms with Gasteiger partial charge in [-0.1, -0.05) is 17.7 Å². The Bertz CT molecular complexity index is 2770. The Morgan fingerprint density at radius 1 is 0.652 bits per heavy atom. The van der Waals surface area contributed by atoms with E-state index in [1.807, 2.05) is 106 Å². The first kappa shape index (κ1) is 76.4. The van der Waals surface area contributed by atoms with Crippen molar-refractivity contribution in [3.63, 3.8) is 0 Å². The molecule has 5 fully saturated rings. The number of ether oxygens (including phenoxy) is 4. The topological polar surface area (TPSA) is 222 Å². The molecule has 4 amide bonds. The van der Waals surface area contributed by atoms with E-state index in [1.54, 1.807) is 24.3 Å². The molecule has 4 aromatic rings. The number of nitrogens with two attached hydrogens (primary N) is 2. The molecule has 9 rings (SSSR count). The summed E-state index contributed by atoms with van der Waals surface area (Å²) in [5.41, 5.74) is 16.4. The number of urea groups is 2. The van der Waals surface area contributed by atoms with Crippen LogP contribution in [-0.4, -0.2) is 154 Å². The SMILES string of the molecule is CCOCC.CCOCC.Cc1ccc(NC(=O)N2CC[C@@H](CC(F)(F)F)C2)cc1-c1cc(N)nc(N[C@@H]2CCCOC2)c1.Cc1ccc(NC(=O)N2CC[C@@H](CC(F)(F)F)C2)cc1B1OC(C)(C)C(C)(C)O1.Nc1cc(I)cc(N[C@@H]2CCCOC2)n1.S. The molecule has 89 heavy (non-hydrogen) atoms. The van der Waals surface area contributed by atoms with Gasteiger partial charge in [-0.05, 0) is 213 Å². The van der Waals surface area contributed by atoms with Gasteiger partial charge in [0.1, 0.15) is 23.3 Å². The largest absolute Gasteiger partial charge is 0.495 e. The van der Waals surface area contributed by atoms with Gasteiger partial charge in [-0.3, -0.25) is 0 Å². The Labute approximate surface area is 542 Å². The molecule has 2 aromatic heterocycles. The molecule has 0 unspecified atom stereocenters. The standard InChI is InChI=1S/C24H30F3N5O2.C20H28BF3N2O3.C10H14IN3O.2C4H10O.H2S/c1-15-4-5-18(30-23(33)32-7-6-16(13-32)12-24(25,26)27)11-20(15)17-9-21(28)31-22(10-17)29-19-3-2-8-34-14-19;1-13-6-7-15(10-16(13)21-28-18(2,3)19(4,5)29-21)25-17(27)26-9-8-14(12-26)11-20(22,23)24;11-7-4-9(12)14-10(5-7)13-8-2-1-3-15-6-8;2*1-3-5-4-2;/h4-5,9-11,16,19H,2-3,6-8,12-14H2,1H3,(H,30,33)(H3,28,29,31);6-7,10,14H,8-9,11-12H2,1-5H3,(H,25,27);4-5,8H,1-3,6H2,(H3,12,13,14);2*3-4H2,1-2H3;1H2/t16-,19+;14-;8-;;;/m001.../s1. The number of pyridine rings is 2. The second kappa shape index (κ2) is 36.3. The van der Waals surface area contributed by atoms with Gasteiger partial charge in [0.2, 0.25) is 0 Å². The quantitative estimate of drug-likeness (QED) is 0.0393. The summed E-state index contributed by atoms with van der Waals surface area (Å²) in [5, 5.41) is 12.3. The molecule has 498 valence electrons. The maximum absolute atomic E-state index is 12.7. The van der Waals surface area contributed by atoms with Gasteiger partial charge < -0.3 is 70.8 Å². The average Bonchev–Trinajstić information content (AvgIpc) is 2.62. The van der Waals surface area contributed by atoms with Crippen molar-refractivity contribution in [2.24, 2.45) is 11.8 Å². The molecule has 2 aromatic carbocycles. The van der Waals surface area contributed by atoms with Crippen molar-refractivity contribution < 1.29 is 64.2 Å². The number of aromatic nitrogens is 2. The fourth-order valence-corrected chi connectivity index (χ4v) is 10.9. The predicted octanol–water partition coefficient (Wildman–Crippen LogP) is 13.2. The van der Waals surface area contributed by atoms with Crippen molar-refractivity contribution in [1.82, 2.24) is 19.8 Å². The van der Waals surface area contributed by atoms with Crippen LogP contribution in [0.25, 0.3) is 11.1 Å². The molecule has 0 spiro atoms. The third kappa shape index (κ3) is 26.2. The Morgan fingerprint density at radius 2 is 1.09 bits per heavy atom. The molecular weight excluding hydrogens is 1300 g/mol. The molecule has 27 heteroatoms. The normalized spacial score (nSPS) is 20.2. The highest BCUT2D eigenvalue weighted by atomic mass is 127. The first-order valence-electron chi connectivity index (χ1n) is 30.4. The number of amides is 4. The van der Waals surface area contributed by atoms with Gasteiger partial charge in [0, 0.05) is 93.6 Å². The summed E-state index contributed by atoms with van der Waals surface area (Å²) in [4.78, 5) is 36.7. The summed E-state index contributed by atoms with van der Waals surface area (Å²) >= 11 is 2.23. The molecule has 8 N–H and O–H groups in total. The summed E-state index contributed by atoms with van der Waals surface area (Å²) in [5.74, 6) is 1.33. The third-order valence-corrected chi connectivity index (χ3v) is 16.1. The molecule has 0 radical (unpaired) electrons. The van der Waals surface area contributed by atoms with Gasteiger partial charge in [-0.15, -0.1) is 0 Å². The van der Waals surface area contributed by atoms with Crippen LogP contribution in [0.1, 0.15) is 118 Å². The molecule has 5 aliphatic heterocycles. The van der Waals surface area contributed by atoms with E-state index < -0.39 is 67.4 Å². The zero-order chi connectivity index (χ0) is 64.8. The van der Waals surface area contributed by atoms with Crippen LogP contribution >= 0.6 is 36.1 Å². The summed E-state index contributed by atoms with van der Waals surface area (Å²) < 4.78 is 110. The van der Waals surface area contributed by atoms with Crippen LogP contribution in [-0.2, 0) is 28.3 Å². The van der Waals surface area contributed by atoms with Gasteiger partial charge in [0.15, 0.2) is 0 Å². The number of rotatable bonds is 14. The number of likely N-dealkylation sites (tertiary alicyclic amines) is 2. The van der Waals surface area contributed by atoms with Gasteiger partial charge in [-0.25, -0.2) is 19.6 Å². The van der Waals surface area contributed by atoms with E-state index in [1.165, 1.54) is 9.80 Å². The molecule has 5 saturated heterocycles. The van der Waals surface area contributed by atoms with Gasteiger partial charge in [0.05, 0.1) is 36.5 Å². The number of nitrogen functional groups attached to an aromatic ring is 2. The minimum Gasteiger partial charge on any atom is -0.399 e. The summed E-state index contributed by atoms with van der Waals surface area (Å²) in [6.07, 6.45) is -5.20.